The fraction of sp³-hybridized carbons (Fsp3) is 0.435. The molecule has 2 aromatic rings. The molecule has 1 N–H and O–H groups in total. The van der Waals surface area contributed by atoms with Gasteiger partial charge in [0.25, 0.3) is 0 Å². The summed E-state index contributed by atoms with van der Waals surface area (Å²) >= 11 is 0. The Morgan fingerprint density at radius 3 is 2.68 bits per heavy atom. The van der Waals surface area contributed by atoms with Gasteiger partial charge in [0.2, 0.25) is 5.91 Å². The molecule has 0 atom stereocenters. The SMILES string of the molecule is Cc1ccc(C)c(OCCNC(=O)C2CCN(Cc3ccccc3F)CC2)c1. The third-order valence-electron chi connectivity index (χ3n) is 5.31. The van der Waals surface area contributed by atoms with Crippen LogP contribution in [0.2, 0.25) is 0 Å². The molecule has 0 unspecified atom stereocenters. The first kappa shape index (κ1) is 20.3. The third kappa shape index (κ3) is 5.55. The van der Waals surface area contributed by atoms with Gasteiger partial charge in [-0.15, -0.1) is 0 Å². The number of hydrogen-bond acceptors (Lipinski definition) is 3. The molecule has 0 saturated carbocycles. The average molecular weight is 384 g/mol. The van der Waals surface area contributed by atoms with Crippen LogP contribution in [0.4, 0.5) is 4.39 Å². The lowest BCUT2D eigenvalue weighted by molar-refractivity contribution is -0.126. The molecular formula is C23H29FN2O2. The first-order chi connectivity index (χ1) is 13.5. The number of hydrogen-bond donors (Lipinski definition) is 1. The Morgan fingerprint density at radius 2 is 1.93 bits per heavy atom. The van der Waals surface area contributed by atoms with E-state index < -0.39 is 0 Å². The number of piperidine rings is 1. The van der Waals surface area contributed by atoms with Gasteiger partial charge in [-0.25, -0.2) is 4.39 Å². The van der Waals surface area contributed by atoms with Gasteiger partial charge in [0, 0.05) is 18.0 Å². The molecule has 1 aliphatic rings. The quantitative estimate of drug-likeness (QED) is 0.738. The van der Waals surface area contributed by atoms with Crippen LogP contribution in [0.1, 0.15) is 29.5 Å². The Kier molecular flexibility index (Phi) is 7.04. The predicted octanol–water partition coefficient (Wildman–Crippen LogP) is 3.85. The third-order valence-corrected chi connectivity index (χ3v) is 5.31. The highest BCUT2D eigenvalue weighted by Crippen LogP contribution is 2.21. The van der Waals surface area contributed by atoms with E-state index >= 15 is 0 Å². The minimum Gasteiger partial charge on any atom is -0.491 e. The number of likely N-dealkylation sites (tertiary alicyclic amines) is 1. The number of ether oxygens (including phenoxy) is 1. The van der Waals surface area contributed by atoms with E-state index in [2.05, 4.69) is 16.3 Å². The number of amides is 1. The van der Waals surface area contributed by atoms with Crippen LogP contribution >= 0.6 is 0 Å². The molecule has 0 spiro atoms. The van der Waals surface area contributed by atoms with E-state index in [1.807, 2.05) is 38.1 Å². The molecule has 150 valence electrons. The summed E-state index contributed by atoms with van der Waals surface area (Å²) in [5, 5.41) is 2.99. The molecule has 1 heterocycles. The summed E-state index contributed by atoms with van der Waals surface area (Å²) in [5.41, 5.74) is 2.97. The maximum Gasteiger partial charge on any atom is 0.223 e. The van der Waals surface area contributed by atoms with Crippen molar-refractivity contribution in [1.29, 1.82) is 0 Å². The normalized spacial score (nSPS) is 15.4. The predicted molar refractivity (Wildman–Crippen MR) is 109 cm³/mol. The van der Waals surface area contributed by atoms with Crippen molar-refractivity contribution in [1.82, 2.24) is 10.2 Å². The van der Waals surface area contributed by atoms with E-state index in [1.54, 1.807) is 6.07 Å². The van der Waals surface area contributed by atoms with E-state index in [0.29, 0.717) is 25.3 Å². The fourth-order valence-electron chi connectivity index (χ4n) is 3.56. The van der Waals surface area contributed by atoms with E-state index in [1.165, 1.54) is 6.07 Å². The topological polar surface area (TPSA) is 41.6 Å². The molecular weight excluding hydrogens is 355 g/mol. The summed E-state index contributed by atoms with van der Waals surface area (Å²) in [6.07, 6.45) is 1.61. The van der Waals surface area contributed by atoms with Crippen LogP contribution < -0.4 is 10.1 Å². The Balaban J connectivity index is 1.37. The highest BCUT2D eigenvalue weighted by Gasteiger charge is 2.25. The first-order valence-electron chi connectivity index (χ1n) is 9.96. The van der Waals surface area contributed by atoms with Gasteiger partial charge in [-0.05, 0) is 63.0 Å². The van der Waals surface area contributed by atoms with Gasteiger partial charge in [-0.3, -0.25) is 9.69 Å². The van der Waals surface area contributed by atoms with E-state index in [9.17, 15) is 9.18 Å². The van der Waals surface area contributed by atoms with Crippen LogP contribution in [0.25, 0.3) is 0 Å². The van der Waals surface area contributed by atoms with Crippen molar-refractivity contribution in [2.24, 2.45) is 5.92 Å². The second kappa shape index (κ2) is 9.69. The molecule has 1 fully saturated rings. The molecule has 1 saturated heterocycles. The van der Waals surface area contributed by atoms with Crippen molar-refractivity contribution < 1.29 is 13.9 Å². The molecule has 5 heteroatoms. The van der Waals surface area contributed by atoms with Gasteiger partial charge in [-0.2, -0.15) is 0 Å². The summed E-state index contributed by atoms with van der Waals surface area (Å²) in [7, 11) is 0. The Labute approximate surface area is 166 Å². The average Bonchev–Trinajstić information content (AvgIpc) is 2.70. The second-order valence-corrected chi connectivity index (χ2v) is 7.55. The minimum absolute atomic E-state index is 0.0255. The summed E-state index contributed by atoms with van der Waals surface area (Å²) in [6.45, 7) is 7.24. The number of nitrogens with zero attached hydrogens (tertiary/aromatic N) is 1. The van der Waals surface area contributed by atoms with Gasteiger partial charge in [0.15, 0.2) is 0 Å². The molecule has 4 nitrogen and oxygen atoms in total. The van der Waals surface area contributed by atoms with Crippen LogP contribution in [0.3, 0.4) is 0 Å². The van der Waals surface area contributed by atoms with Gasteiger partial charge in [0.05, 0.1) is 6.54 Å². The number of aryl methyl sites for hydroxylation is 2. The number of benzene rings is 2. The van der Waals surface area contributed by atoms with Crippen LogP contribution in [0, 0.1) is 25.6 Å². The Bertz CT molecular complexity index is 801. The van der Waals surface area contributed by atoms with Crippen molar-refractivity contribution >= 4 is 5.91 Å². The second-order valence-electron chi connectivity index (χ2n) is 7.55. The fourth-order valence-corrected chi connectivity index (χ4v) is 3.56. The lowest BCUT2D eigenvalue weighted by Crippen LogP contribution is -2.41. The summed E-state index contributed by atoms with van der Waals surface area (Å²) in [6, 6.07) is 13.0. The molecule has 0 aliphatic carbocycles. The van der Waals surface area contributed by atoms with Crippen molar-refractivity contribution in [3.05, 3.63) is 65.0 Å². The summed E-state index contributed by atoms with van der Waals surface area (Å²) < 4.78 is 19.6. The molecule has 3 rings (SSSR count). The maximum atomic E-state index is 13.8. The minimum atomic E-state index is -0.161. The highest BCUT2D eigenvalue weighted by atomic mass is 19.1. The monoisotopic (exact) mass is 384 g/mol. The number of rotatable bonds is 7. The highest BCUT2D eigenvalue weighted by molar-refractivity contribution is 5.78. The van der Waals surface area contributed by atoms with Crippen molar-refractivity contribution in [2.75, 3.05) is 26.2 Å². The van der Waals surface area contributed by atoms with Gasteiger partial charge >= 0.3 is 0 Å². The van der Waals surface area contributed by atoms with Crippen LogP contribution in [0.15, 0.2) is 42.5 Å². The zero-order valence-electron chi connectivity index (χ0n) is 16.7. The van der Waals surface area contributed by atoms with Gasteiger partial charge in [0.1, 0.15) is 18.2 Å². The molecule has 1 aliphatic heterocycles. The Morgan fingerprint density at radius 1 is 1.18 bits per heavy atom. The van der Waals surface area contributed by atoms with Crippen LogP contribution in [0.5, 0.6) is 5.75 Å². The first-order valence-corrected chi connectivity index (χ1v) is 9.96. The zero-order chi connectivity index (χ0) is 19.9. The molecule has 28 heavy (non-hydrogen) atoms. The summed E-state index contributed by atoms with van der Waals surface area (Å²) in [4.78, 5) is 14.6. The standard InChI is InChI=1S/C23H29FN2O2/c1-17-7-8-18(2)22(15-17)28-14-11-25-23(27)19-9-12-26(13-10-19)16-20-5-3-4-6-21(20)24/h3-8,15,19H,9-14,16H2,1-2H3,(H,25,27). The smallest absolute Gasteiger partial charge is 0.223 e. The zero-order valence-corrected chi connectivity index (χ0v) is 16.7. The number of nitrogens with one attached hydrogen (secondary N) is 1. The number of carbonyl (C=O) groups excluding carboxylic acids is 1. The van der Waals surface area contributed by atoms with Crippen LogP contribution in [-0.4, -0.2) is 37.0 Å². The lowest BCUT2D eigenvalue weighted by atomic mass is 9.95. The van der Waals surface area contributed by atoms with Crippen LogP contribution in [-0.2, 0) is 11.3 Å². The molecule has 0 radical (unpaired) electrons. The number of carbonyl (C=O) groups is 1. The summed E-state index contributed by atoms with van der Waals surface area (Å²) in [5.74, 6) is 0.828. The molecule has 0 aromatic heterocycles. The van der Waals surface area contributed by atoms with Crippen molar-refractivity contribution in [3.63, 3.8) is 0 Å². The van der Waals surface area contributed by atoms with Crippen molar-refractivity contribution in [3.8, 4) is 5.75 Å². The van der Waals surface area contributed by atoms with E-state index in [-0.39, 0.29) is 17.6 Å². The van der Waals surface area contributed by atoms with Gasteiger partial charge < -0.3 is 10.1 Å². The van der Waals surface area contributed by atoms with E-state index in [0.717, 1.165) is 42.8 Å². The molecule has 0 bridgehead atoms. The Hall–Kier alpha value is -2.40. The van der Waals surface area contributed by atoms with Crippen molar-refractivity contribution in [2.45, 2.75) is 33.2 Å². The number of halogens is 1. The molecule has 2 aromatic carbocycles. The van der Waals surface area contributed by atoms with E-state index in [4.69, 9.17) is 4.74 Å². The largest absolute Gasteiger partial charge is 0.491 e. The molecule has 1 amide bonds. The lowest BCUT2D eigenvalue weighted by Gasteiger charge is -2.31. The maximum absolute atomic E-state index is 13.8. The van der Waals surface area contributed by atoms with Gasteiger partial charge in [-0.1, -0.05) is 30.3 Å².